The van der Waals surface area contributed by atoms with E-state index in [0.717, 1.165) is 6.07 Å². The van der Waals surface area contributed by atoms with Crippen LogP contribution < -0.4 is 5.63 Å². The van der Waals surface area contributed by atoms with Gasteiger partial charge in [-0.15, -0.1) is 0 Å². The Morgan fingerprint density at radius 1 is 1.38 bits per heavy atom. The van der Waals surface area contributed by atoms with Crippen molar-refractivity contribution >= 4 is 16.9 Å². The molecule has 2 aromatic rings. The van der Waals surface area contributed by atoms with Gasteiger partial charge in [0.25, 0.3) is 0 Å². The third-order valence-electron chi connectivity index (χ3n) is 2.13. The van der Waals surface area contributed by atoms with Gasteiger partial charge in [-0.25, -0.2) is 9.59 Å². The fraction of sp³-hybridized carbons (Fsp3) is 0.0909. The zero-order valence-electron chi connectivity index (χ0n) is 8.39. The molecule has 1 N–H and O–H groups in total. The predicted molar refractivity (Wildman–Crippen MR) is 55.5 cm³/mol. The molecular weight excluding hydrogens is 212 g/mol. The summed E-state index contributed by atoms with van der Waals surface area (Å²) in [6.45, 7) is 0. The van der Waals surface area contributed by atoms with Crippen molar-refractivity contribution in [3.63, 3.8) is 0 Å². The first-order valence-corrected chi connectivity index (χ1v) is 4.47. The summed E-state index contributed by atoms with van der Waals surface area (Å²) in [7, 11) is 1.23. The van der Waals surface area contributed by atoms with Gasteiger partial charge in [0.15, 0.2) is 0 Å². The Hall–Kier alpha value is -2.30. The molecule has 0 saturated heterocycles. The number of rotatable bonds is 1. The number of phenols is 1. The second-order valence-electron chi connectivity index (χ2n) is 3.15. The molecule has 5 heteroatoms. The molecule has 0 unspecified atom stereocenters. The molecule has 2 rings (SSSR count). The number of hydrogen-bond donors (Lipinski definition) is 1. The Balaban J connectivity index is 2.83. The van der Waals surface area contributed by atoms with E-state index in [9.17, 15) is 14.7 Å². The van der Waals surface area contributed by atoms with Crippen LogP contribution in [-0.4, -0.2) is 18.2 Å². The minimum atomic E-state index is -0.668. The maximum atomic E-state index is 11.4. The zero-order valence-corrected chi connectivity index (χ0v) is 8.39. The van der Waals surface area contributed by atoms with Gasteiger partial charge in [-0.1, -0.05) is 0 Å². The van der Waals surface area contributed by atoms with E-state index in [1.807, 2.05) is 0 Å². The Labute approximate surface area is 89.9 Å². The molecule has 5 nitrogen and oxygen atoms in total. The van der Waals surface area contributed by atoms with Crippen LogP contribution in [0.2, 0.25) is 0 Å². The van der Waals surface area contributed by atoms with E-state index in [1.165, 1.54) is 25.3 Å². The Bertz CT molecular complexity index is 611. The lowest BCUT2D eigenvalue weighted by atomic mass is 10.1. The van der Waals surface area contributed by atoms with Crippen LogP contribution in [0.4, 0.5) is 0 Å². The molecule has 1 heterocycles. The number of aromatic hydroxyl groups is 1. The second-order valence-corrected chi connectivity index (χ2v) is 3.15. The maximum absolute atomic E-state index is 11.4. The van der Waals surface area contributed by atoms with Gasteiger partial charge in [-0.3, -0.25) is 0 Å². The van der Waals surface area contributed by atoms with Crippen LogP contribution in [0.5, 0.6) is 5.75 Å². The van der Waals surface area contributed by atoms with E-state index in [4.69, 9.17) is 4.42 Å². The normalized spacial score (nSPS) is 10.3. The van der Waals surface area contributed by atoms with Crippen molar-refractivity contribution in [2.45, 2.75) is 0 Å². The Morgan fingerprint density at radius 2 is 2.12 bits per heavy atom. The SMILES string of the molecule is COC(=O)c1cc(=O)oc2cc(O)ccc12. The minimum Gasteiger partial charge on any atom is -0.508 e. The van der Waals surface area contributed by atoms with E-state index in [1.54, 1.807) is 0 Å². The fourth-order valence-corrected chi connectivity index (χ4v) is 1.43. The van der Waals surface area contributed by atoms with Crippen LogP contribution in [0, 0.1) is 0 Å². The van der Waals surface area contributed by atoms with Crippen molar-refractivity contribution in [3.8, 4) is 5.75 Å². The number of benzene rings is 1. The number of fused-ring (bicyclic) bond motifs is 1. The monoisotopic (exact) mass is 220 g/mol. The molecule has 0 aliphatic carbocycles. The first kappa shape index (κ1) is 10.2. The van der Waals surface area contributed by atoms with Gasteiger partial charge in [0.1, 0.15) is 11.3 Å². The van der Waals surface area contributed by atoms with Gasteiger partial charge in [-0.2, -0.15) is 0 Å². The number of methoxy groups -OCH3 is 1. The molecule has 82 valence electrons. The van der Waals surface area contributed by atoms with Gasteiger partial charge in [0.2, 0.25) is 0 Å². The van der Waals surface area contributed by atoms with Gasteiger partial charge >= 0.3 is 11.6 Å². The summed E-state index contributed by atoms with van der Waals surface area (Å²) in [5.41, 5.74) is -0.403. The molecule has 0 spiro atoms. The van der Waals surface area contributed by atoms with E-state index >= 15 is 0 Å². The average molecular weight is 220 g/mol. The number of phenolic OH excluding ortho intramolecular Hbond substituents is 1. The van der Waals surface area contributed by atoms with Crippen molar-refractivity contribution in [1.82, 2.24) is 0 Å². The number of carbonyl (C=O) groups excluding carboxylic acids is 1. The predicted octanol–water partition coefficient (Wildman–Crippen LogP) is 1.29. The van der Waals surface area contributed by atoms with E-state index < -0.39 is 11.6 Å². The molecule has 1 aromatic carbocycles. The Morgan fingerprint density at radius 3 is 2.81 bits per heavy atom. The number of hydrogen-bond acceptors (Lipinski definition) is 5. The highest BCUT2D eigenvalue weighted by atomic mass is 16.5. The molecular formula is C11H8O5. The average Bonchev–Trinajstić information content (AvgIpc) is 2.26. The summed E-state index contributed by atoms with van der Waals surface area (Å²) in [6, 6.07) is 5.21. The lowest BCUT2D eigenvalue weighted by Gasteiger charge is -2.03. The lowest BCUT2D eigenvalue weighted by Crippen LogP contribution is -2.07. The van der Waals surface area contributed by atoms with E-state index in [2.05, 4.69) is 4.74 Å². The molecule has 1 aromatic heterocycles. The maximum Gasteiger partial charge on any atom is 0.338 e. The fourth-order valence-electron chi connectivity index (χ4n) is 1.43. The van der Waals surface area contributed by atoms with Gasteiger partial charge in [-0.05, 0) is 12.1 Å². The smallest absolute Gasteiger partial charge is 0.338 e. The largest absolute Gasteiger partial charge is 0.508 e. The zero-order chi connectivity index (χ0) is 11.7. The summed E-state index contributed by atoms with van der Waals surface area (Å²) in [5, 5.41) is 9.65. The summed E-state index contributed by atoms with van der Waals surface area (Å²) < 4.78 is 9.40. The van der Waals surface area contributed by atoms with E-state index in [0.29, 0.717) is 5.39 Å². The molecule has 0 atom stereocenters. The van der Waals surface area contributed by atoms with Crippen LogP contribution in [0.15, 0.2) is 33.5 Å². The summed E-state index contributed by atoms with van der Waals surface area (Å²) in [4.78, 5) is 22.6. The number of esters is 1. The van der Waals surface area contributed by atoms with Crippen molar-refractivity contribution in [2.24, 2.45) is 0 Å². The molecule has 0 aliphatic rings. The van der Waals surface area contributed by atoms with Crippen molar-refractivity contribution < 1.29 is 19.1 Å². The quantitative estimate of drug-likeness (QED) is 0.578. The molecule has 0 amide bonds. The van der Waals surface area contributed by atoms with Gasteiger partial charge < -0.3 is 14.3 Å². The summed E-state index contributed by atoms with van der Waals surface area (Å²) >= 11 is 0. The standard InChI is InChI=1S/C11H8O5/c1-15-11(14)8-5-10(13)16-9-4-6(12)2-3-7(8)9/h2-5,12H,1H3. The van der Waals surface area contributed by atoms with Crippen LogP contribution in [-0.2, 0) is 4.74 Å². The molecule has 16 heavy (non-hydrogen) atoms. The summed E-state index contributed by atoms with van der Waals surface area (Å²) in [6.07, 6.45) is 0. The van der Waals surface area contributed by atoms with Crippen LogP contribution >= 0.6 is 0 Å². The Kier molecular flexibility index (Phi) is 2.36. The highest BCUT2D eigenvalue weighted by molar-refractivity contribution is 6.02. The molecule has 0 fully saturated rings. The first-order chi connectivity index (χ1) is 7.61. The molecule has 0 bridgehead atoms. The minimum absolute atomic E-state index is 0.0438. The highest BCUT2D eigenvalue weighted by Crippen LogP contribution is 2.21. The second kappa shape index (κ2) is 3.69. The number of ether oxygens (including phenoxy) is 1. The van der Waals surface area contributed by atoms with Gasteiger partial charge in [0, 0.05) is 17.5 Å². The third kappa shape index (κ3) is 1.63. The molecule has 0 radical (unpaired) electrons. The van der Waals surface area contributed by atoms with Crippen molar-refractivity contribution in [1.29, 1.82) is 0 Å². The van der Waals surface area contributed by atoms with Crippen molar-refractivity contribution in [3.05, 3.63) is 40.2 Å². The van der Waals surface area contributed by atoms with Gasteiger partial charge in [0.05, 0.1) is 12.7 Å². The lowest BCUT2D eigenvalue weighted by molar-refractivity contribution is 0.0602. The molecule has 0 saturated carbocycles. The highest BCUT2D eigenvalue weighted by Gasteiger charge is 2.13. The van der Waals surface area contributed by atoms with Crippen LogP contribution in [0.3, 0.4) is 0 Å². The van der Waals surface area contributed by atoms with Crippen LogP contribution in [0.1, 0.15) is 10.4 Å². The summed E-state index contributed by atoms with van der Waals surface area (Å²) in [5.74, 6) is -0.666. The topological polar surface area (TPSA) is 76.7 Å². The first-order valence-electron chi connectivity index (χ1n) is 4.47. The molecule has 0 aliphatic heterocycles. The van der Waals surface area contributed by atoms with Crippen molar-refractivity contribution in [2.75, 3.05) is 7.11 Å². The van der Waals surface area contributed by atoms with E-state index in [-0.39, 0.29) is 16.9 Å². The van der Waals surface area contributed by atoms with Crippen LogP contribution in [0.25, 0.3) is 11.0 Å². The third-order valence-corrected chi connectivity index (χ3v) is 2.13. The number of carbonyl (C=O) groups is 1.